The summed E-state index contributed by atoms with van der Waals surface area (Å²) in [6.07, 6.45) is 1.62. The van der Waals surface area contributed by atoms with Crippen molar-refractivity contribution in [1.29, 1.82) is 5.26 Å². The van der Waals surface area contributed by atoms with E-state index in [0.717, 1.165) is 0 Å². The Morgan fingerprint density at radius 3 is 2.88 bits per heavy atom. The summed E-state index contributed by atoms with van der Waals surface area (Å²) in [5.74, 6) is -0.753. The van der Waals surface area contributed by atoms with Gasteiger partial charge in [0.05, 0.1) is 5.56 Å². The molecule has 0 radical (unpaired) electrons. The van der Waals surface area contributed by atoms with Crippen LogP contribution in [0.4, 0.5) is 5.69 Å². The first-order valence-electron chi connectivity index (χ1n) is 4.42. The maximum absolute atomic E-state index is 10.7. The Morgan fingerprint density at radius 2 is 2.31 bits per heavy atom. The minimum absolute atomic E-state index is 0.164. The highest BCUT2D eigenvalue weighted by molar-refractivity contribution is 5.95. The smallest absolute Gasteiger partial charge is 0.335 e. The Kier molecular flexibility index (Phi) is 3.86. The standard InChI is InChI=1S/C10H10N4O2/c1-12-10(13-6-11)14-8-4-2-3-7(5-8)9(15)16/h2-5H,1H3,(H,15,16)(H2,12,13,14). The number of aliphatic imine (C=N–C) groups is 1. The van der Waals surface area contributed by atoms with E-state index in [1.165, 1.54) is 12.1 Å². The van der Waals surface area contributed by atoms with E-state index in [1.807, 2.05) is 0 Å². The molecule has 0 spiro atoms. The lowest BCUT2D eigenvalue weighted by atomic mass is 10.2. The van der Waals surface area contributed by atoms with Crippen LogP contribution in [-0.2, 0) is 0 Å². The molecular weight excluding hydrogens is 208 g/mol. The summed E-state index contributed by atoms with van der Waals surface area (Å²) >= 11 is 0. The Labute approximate surface area is 92.2 Å². The van der Waals surface area contributed by atoms with E-state index >= 15 is 0 Å². The van der Waals surface area contributed by atoms with Crippen LogP contribution in [0.3, 0.4) is 0 Å². The zero-order valence-electron chi connectivity index (χ0n) is 8.56. The summed E-state index contributed by atoms with van der Waals surface area (Å²) in [5, 5.41) is 22.6. The molecule has 0 saturated carbocycles. The predicted octanol–water partition coefficient (Wildman–Crippen LogP) is 0.853. The molecule has 0 fully saturated rings. The lowest BCUT2D eigenvalue weighted by Gasteiger charge is -2.07. The Morgan fingerprint density at radius 1 is 1.56 bits per heavy atom. The SMILES string of the molecule is CN/C(=N\C#N)Nc1cccc(C(=O)O)c1. The van der Waals surface area contributed by atoms with E-state index < -0.39 is 5.97 Å². The van der Waals surface area contributed by atoms with Crippen LogP contribution in [0, 0.1) is 11.5 Å². The third-order valence-corrected chi connectivity index (χ3v) is 1.77. The van der Waals surface area contributed by atoms with Crippen molar-refractivity contribution in [1.82, 2.24) is 5.32 Å². The third kappa shape index (κ3) is 2.99. The number of aromatic carboxylic acids is 1. The molecule has 82 valence electrons. The number of benzene rings is 1. The van der Waals surface area contributed by atoms with Crippen LogP contribution < -0.4 is 10.6 Å². The Balaban J connectivity index is 2.90. The van der Waals surface area contributed by atoms with Gasteiger partial charge in [-0.2, -0.15) is 5.26 Å². The van der Waals surface area contributed by atoms with Gasteiger partial charge in [-0.1, -0.05) is 6.07 Å². The summed E-state index contributed by atoms with van der Waals surface area (Å²) in [6.45, 7) is 0. The first-order valence-corrected chi connectivity index (χ1v) is 4.42. The summed E-state index contributed by atoms with van der Waals surface area (Å²) in [4.78, 5) is 14.2. The lowest BCUT2D eigenvalue weighted by molar-refractivity contribution is 0.0697. The van der Waals surface area contributed by atoms with Crippen molar-refractivity contribution >= 4 is 17.6 Å². The topological polar surface area (TPSA) is 97.5 Å². The second kappa shape index (κ2) is 5.36. The Bertz CT molecular complexity index is 462. The van der Waals surface area contributed by atoms with Gasteiger partial charge in [-0.25, -0.2) is 4.79 Å². The Hall–Kier alpha value is -2.55. The number of hydrogen-bond donors (Lipinski definition) is 3. The second-order valence-corrected chi connectivity index (χ2v) is 2.82. The number of anilines is 1. The van der Waals surface area contributed by atoms with E-state index in [0.29, 0.717) is 5.69 Å². The minimum atomic E-state index is -1.01. The maximum atomic E-state index is 10.7. The molecule has 0 atom stereocenters. The van der Waals surface area contributed by atoms with Crippen LogP contribution >= 0.6 is 0 Å². The van der Waals surface area contributed by atoms with Gasteiger partial charge in [0, 0.05) is 12.7 Å². The van der Waals surface area contributed by atoms with E-state index in [1.54, 1.807) is 25.4 Å². The van der Waals surface area contributed by atoms with E-state index in [2.05, 4.69) is 15.6 Å². The number of nitrogens with zero attached hydrogens (tertiary/aromatic N) is 2. The molecule has 3 N–H and O–H groups in total. The van der Waals surface area contributed by atoms with Gasteiger partial charge in [0.1, 0.15) is 0 Å². The van der Waals surface area contributed by atoms with Gasteiger partial charge >= 0.3 is 5.97 Å². The minimum Gasteiger partial charge on any atom is -0.478 e. The number of carboxylic acid groups (broad SMARTS) is 1. The van der Waals surface area contributed by atoms with Crippen molar-refractivity contribution in [2.24, 2.45) is 4.99 Å². The predicted molar refractivity (Wildman–Crippen MR) is 59.1 cm³/mol. The molecule has 0 bridgehead atoms. The first kappa shape index (κ1) is 11.5. The fourth-order valence-corrected chi connectivity index (χ4v) is 1.06. The van der Waals surface area contributed by atoms with Crippen LogP contribution in [0.15, 0.2) is 29.3 Å². The average Bonchev–Trinajstić information content (AvgIpc) is 2.29. The number of rotatable bonds is 2. The normalized spacial score (nSPS) is 10.4. The monoisotopic (exact) mass is 218 g/mol. The molecule has 0 aliphatic carbocycles. The summed E-state index contributed by atoms with van der Waals surface area (Å²) in [6, 6.07) is 6.21. The number of carboxylic acids is 1. The molecule has 16 heavy (non-hydrogen) atoms. The average molecular weight is 218 g/mol. The quantitative estimate of drug-likeness (QED) is 0.388. The summed E-state index contributed by atoms with van der Waals surface area (Å²) in [7, 11) is 1.60. The molecule has 0 aliphatic heterocycles. The van der Waals surface area contributed by atoms with E-state index in [-0.39, 0.29) is 11.5 Å². The third-order valence-electron chi connectivity index (χ3n) is 1.77. The molecule has 1 aromatic carbocycles. The van der Waals surface area contributed by atoms with Crippen molar-refractivity contribution in [3.8, 4) is 6.19 Å². The van der Waals surface area contributed by atoms with Gasteiger partial charge < -0.3 is 15.7 Å². The zero-order chi connectivity index (χ0) is 12.0. The molecular formula is C10H10N4O2. The van der Waals surface area contributed by atoms with E-state index in [9.17, 15) is 4.79 Å². The fourth-order valence-electron chi connectivity index (χ4n) is 1.06. The highest BCUT2D eigenvalue weighted by atomic mass is 16.4. The lowest BCUT2D eigenvalue weighted by Crippen LogP contribution is -2.26. The van der Waals surface area contributed by atoms with Crippen LogP contribution in [0.2, 0.25) is 0 Å². The summed E-state index contributed by atoms with van der Waals surface area (Å²) < 4.78 is 0. The van der Waals surface area contributed by atoms with Crippen LogP contribution in [-0.4, -0.2) is 24.1 Å². The fraction of sp³-hybridized carbons (Fsp3) is 0.100. The van der Waals surface area contributed by atoms with Crippen LogP contribution in [0.1, 0.15) is 10.4 Å². The number of nitriles is 1. The van der Waals surface area contributed by atoms with Gasteiger partial charge in [0.2, 0.25) is 12.2 Å². The number of nitrogens with one attached hydrogen (secondary N) is 2. The molecule has 1 aromatic rings. The van der Waals surface area contributed by atoms with Crippen molar-refractivity contribution in [3.63, 3.8) is 0 Å². The summed E-state index contributed by atoms with van der Waals surface area (Å²) in [5.41, 5.74) is 0.709. The largest absolute Gasteiger partial charge is 0.478 e. The highest BCUT2D eigenvalue weighted by Gasteiger charge is 2.04. The molecule has 0 unspecified atom stereocenters. The van der Waals surface area contributed by atoms with Gasteiger partial charge in [0.15, 0.2) is 0 Å². The molecule has 0 aromatic heterocycles. The van der Waals surface area contributed by atoms with Crippen molar-refractivity contribution < 1.29 is 9.90 Å². The van der Waals surface area contributed by atoms with Gasteiger partial charge in [-0.3, -0.25) is 0 Å². The van der Waals surface area contributed by atoms with Crippen molar-refractivity contribution in [3.05, 3.63) is 29.8 Å². The first-order chi connectivity index (χ1) is 7.67. The number of hydrogen-bond acceptors (Lipinski definition) is 3. The van der Waals surface area contributed by atoms with E-state index in [4.69, 9.17) is 10.4 Å². The molecule has 0 amide bonds. The number of carbonyl (C=O) groups is 1. The molecule has 6 nitrogen and oxygen atoms in total. The van der Waals surface area contributed by atoms with Gasteiger partial charge in [-0.05, 0) is 18.2 Å². The van der Waals surface area contributed by atoms with Crippen LogP contribution in [0.25, 0.3) is 0 Å². The van der Waals surface area contributed by atoms with Crippen molar-refractivity contribution in [2.75, 3.05) is 12.4 Å². The zero-order valence-corrected chi connectivity index (χ0v) is 8.56. The second-order valence-electron chi connectivity index (χ2n) is 2.82. The van der Waals surface area contributed by atoms with Gasteiger partial charge in [0.25, 0.3) is 0 Å². The molecule has 6 heteroatoms. The molecule has 0 heterocycles. The molecule has 0 saturated heterocycles. The number of guanidine groups is 1. The maximum Gasteiger partial charge on any atom is 0.335 e. The van der Waals surface area contributed by atoms with Gasteiger partial charge in [-0.15, -0.1) is 4.99 Å². The molecule has 1 rings (SSSR count). The van der Waals surface area contributed by atoms with Crippen molar-refractivity contribution in [2.45, 2.75) is 0 Å². The molecule has 0 aliphatic rings. The highest BCUT2D eigenvalue weighted by Crippen LogP contribution is 2.10. The van der Waals surface area contributed by atoms with Crippen LogP contribution in [0.5, 0.6) is 0 Å².